The molecule has 0 aliphatic rings. The van der Waals surface area contributed by atoms with E-state index in [-0.39, 0.29) is 17.3 Å². The number of phenols is 1. The Bertz CT molecular complexity index is 2230. The third-order valence-corrected chi connectivity index (χ3v) is 8.51. The van der Waals surface area contributed by atoms with Crippen molar-refractivity contribution < 1.29 is 18.6 Å². The zero-order valence-electron chi connectivity index (χ0n) is 22.5. The number of H-pyrrole nitrogens is 2. The zero-order valence-corrected chi connectivity index (χ0v) is 24.9. The molecule has 0 radical (unpaired) electrons. The van der Waals surface area contributed by atoms with Crippen LogP contribution in [0.3, 0.4) is 0 Å². The number of phenolic OH excluding ortho intramolecular Hbond substituents is 1. The van der Waals surface area contributed by atoms with E-state index < -0.39 is 5.82 Å². The van der Waals surface area contributed by atoms with Crippen LogP contribution in [0.25, 0.3) is 42.2 Å². The fourth-order valence-corrected chi connectivity index (χ4v) is 6.13. The van der Waals surface area contributed by atoms with Crippen LogP contribution in [0.4, 0.5) is 8.78 Å². The maximum Gasteiger partial charge on any atom is 0.240 e. The predicted octanol–water partition coefficient (Wildman–Crippen LogP) is 9.08. The lowest BCUT2D eigenvalue weighted by Crippen LogP contribution is -1.92. The van der Waals surface area contributed by atoms with Crippen LogP contribution in [0.15, 0.2) is 71.9 Å². The van der Waals surface area contributed by atoms with Gasteiger partial charge in [-0.3, -0.25) is 0 Å². The van der Waals surface area contributed by atoms with Gasteiger partial charge in [-0.25, -0.2) is 28.7 Å². The predicted molar refractivity (Wildman–Crippen MR) is 168 cm³/mol. The summed E-state index contributed by atoms with van der Waals surface area (Å²) in [7, 11) is 0. The first-order chi connectivity index (χ1) is 20.8. The molecule has 8 aromatic rings. The molecule has 0 atom stereocenters. The van der Waals surface area contributed by atoms with Crippen LogP contribution < -0.4 is 4.74 Å². The molecule has 0 amide bonds. The fraction of sp³-hybridized carbons (Fsp3) is 0.0667. The van der Waals surface area contributed by atoms with Crippen molar-refractivity contribution >= 4 is 76.5 Å². The van der Waals surface area contributed by atoms with Crippen molar-refractivity contribution in [3.05, 3.63) is 100 Å². The first-order valence-electron chi connectivity index (χ1n) is 12.7. The van der Waals surface area contributed by atoms with Crippen LogP contribution >= 0.6 is 34.3 Å². The number of benzene rings is 2. The highest BCUT2D eigenvalue weighted by atomic mass is 35.5. The van der Waals surface area contributed by atoms with Crippen molar-refractivity contribution in [2.75, 3.05) is 0 Å². The van der Waals surface area contributed by atoms with E-state index in [9.17, 15) is 8.78 Å². The van der Waals surface area contributed by atoms with E-state index in [0.29, 0.717) is 27.3 Å². The summed E-state index contributed by atoms with van der Waals surface area (Å²) in [6.07, 6.45) is 2.89. The second kappa shape index (κ2) is 11.9. The zero-order chi connectivity index (χ0) is 30.1. The second-order valence-electron chi connectivity index (χ2n) is 9.32. The third-order valence-electron chi connectivity index (χ3n) is 6.31. The number of thiophene rings is 2. The number of rotatable bonds is 2. The van der Waals surface area contributed by atoms with Gasteiger partial charge in [0.25, 0.3) is 0 Å². The topological polar surface area (TPSA) is 113 Å². The van der Waals surface area contributed by atoms with E-state index in [1.165, 1.54) is 30.1 Å². The summed E-state index contributed by atoms with van der Waals surface area (Å²) in [6.45, 7) is 3.73. The number of hydrogen-bond donors (Lipinski definition) is 3. The van der Waals surface area contributed by atoms with Gasteiger partial charge in [-0.15, -0.1) is 22.7 Å². The molecule has 43 heavy (non-hydrogen) atoms. The van der Waals surface area contributed by atoms with Gasteiger partial charge >= 0.3 is 0 Å². The van der Waals surface area contributed by atoms with Crippen LogP contribution in [0, 0.1) is 25.5 Å². The Morgan fingerprint density at radius 3 is 2.00 bits per heavy atom. The Balaban J connectivity index is 0.000000126. The maximum absolute atomic E-state index is 14.5. The van der Waals surface area contributed by atoms with Crippen molar-refractivity contribution in [1.29, 1.82) is 0 Å². The van der Waals surface area contributed by atoms with E-state index in [2.05, 4.69) is 29.9 Å². The Labute approximate surface area is 255 Å². The van der Waals surface area contributed by atoms with Gasteiger partial charge in [-0.1, -0.05) is 11.6 Å². The van der Waals surface area contributed by atoms with Gasteiger partial charge in [0.1, 0.15) is 22.5 Å². The van der Waals surface area contributed by atoms with Gasteiger partial charge in [0, 0.05) is 33.2 Å². The lowest BCUT2D eigenvalue weighted by atomic mass is 10.2. The summed E-state index contributed by atoms with van der Waals surface area (Å²) in [6, 6.07) is 13.6. The van der Waals surface area contributed by atoms with Crippen molar-refractivity contribution in [1.82, 2.24) is 29.9 Å². The third kappa shape index (κ3) is 5.85. The van der Waals surface area contributed by atoms with Gasteiger partial charge in [-0.2, -0.15) is 0 Å². The monoisotopic (exact) mass is 634 g/mol. The molecule has 6 heterocycles. The highest BCUT2D eigenvalue weighted by Gasteiger charge is 2.14. The molecular formula is C30H21ClF2N6O2S2. The molecule has 0 saturated carbocycles. The van der Waals surface area contributed by atoms with Gasteiger partial charge in [0.2, 0.25) is 5.88 Å². The Morgan fingerprint density at radius 1 is 0.744 bits per heavy atom. The molecule has 0 bridgehead atoms. The molecule has 0 aliphatic carbocycles. The number of aromatic amines is 2. The van der Waals surface area contributed by atoms with Crippen molar-refractivity contribution in [2.45, 2.75) is 13.8 Å². The van der Waals surface area contributed by atoms with Crippen LogP contribution in [0.5, 0.6) is 17.4 Å². The average Bonchev–Trinajstić information content (AvgIpc) is 3.80. The minimum absolute atomic E-state index is 0.162. The molecule has 216 valence electrons. The number of halogens is 3. The minimum Gasteiger partial charge on any atom is -0.505 e. The Morgan fingerprint density at radius 2 is 1.33 bits per heavy atom. The number of nitrogens with zero attached hydrogens (tertiary/aromatic N) is 4. The standard InChI is InChI=1S/C15H10FN3OS.C9H8FNO.C6H3ClN2S/c1-8-6-9-10(19-8)2-3-12(13(9)16)20-15-14-11(4-5-21-14)17-7-18-15;1-5-4-6-7(11-5)2-3-8(12)9(6)10;7-6-5-4(1-2-10-5)8-3-9-6/h2-7,19H,1H3;2-4,11-12H,1H3;1-3H. The number of aromatic nitrogens is 6. The quantitative estimate of drug-likeness (QED) is 0.164. The number of ether oxygens (including phenoxy) is 1. The number of aryl methyl sites for hydroxylation is 2. The molecule has 0 saturated heterocycles. The molecule has 8 rings (SSSR count). The summed E-state index contributed by atoms with van der Waals surface area (Å²) < 4.78 is 35.1. The summed E-state index contributed by atoms with van der Waals surface area (Å²) in [5.41, 5.74) is 4.97. The first-order valence-corrected chi connectivity index (χ1v) is 14.9. The normalized spacial score (nSPS) is 11.0. The van der Waals surface area contributed by atoms with Gasteiger partial charge in [0.15, 0.2) is 23.1 Å². The molecule has 0 fully saturated rings. The number of aromatic hydroxyl groups is 1. The SMILES string of the molecule is Cc1cc2c(F)c(O)ccc2[nH]1.Cc1cc2c(F)c(Oc3ncnc4ccsc34)ccc2[nH]1.Clc1ncnc2ccsc12. The van der Waals surface area contributed by atoms with E-state index >= 15 is 0 Å². The molecule has 2 aromatic carbocycles. The summed E-state index contributed by atoms with van der Waals surface area (Å²) >= 11 is 8.78. The largest absolute Gasteiger partial charge is 0.505 e. The highest BCUT2D eigenvalue weighted by Crippen LogP contribution is 2.34. The molecule has 0 aliphatic heterocycles. The van der Waals surface area contributed by atoms with E-state index in [4.69, 9.17) is 21.4 Å². The minimum atomic E-state index is -0.558. The Kier molecular flexibility index (Phi) is 7.89. The van der Waals surface area contributed by atoms with Gasteiger partial charge in [0.05, 0.1) is 15.7 Å². The molecule has 13 heteroatoms. The smallest absolute Gasteiger partial charge is 0.240 e. The average molecular weight is 635 g/mol. The lowest BCUT2D eigenvalue weighted by molar-refractivity contribution is 0.435. The molecule has 0 unspecified atom stereocenters. The highest BCUT2D eigenvalue weighted by molar-refractivity contribution is 7.18. The summed E-state index contributed by atoms with van der Waals surface area (Å²) in [4.78, 5) is 22.2. The van der Waals surface area contributed by atoms with Gasteiger partial charge in [-0.05, 0) is 73.1 Å². The number of fused-ring (bicyclic) bond motifs is 4. The number of hydrogen-bond acceptors (Lipinski definition) is 8. The fourth-order valence-electron chi connectivity index (χ4n) is 4.37. The Hall–Kier alpha value is -4.65. The molecule has 0 spiro atoms. The molecule has 3 N–H and O–H groups in total. The van der Waals surface area contributed by atoms with Gasteiger partial charge < -0.3 is 19.8 Å². The van der Waals surface area contributed by atoms with Crippen LogP contribution in [-0.4, -0.2) is 35.0 Å². The van der Waals surface area contributed by atoms with Crippen molar-refractivity contribution in [3.63, 3.8) is 0 Å². The van der Waals surface area contributed by atoms with Crippen LogP contribution in [0.2, 0.25) is 5.15 Å². The number of nitrogens with one attached hydrogen (secondary N) is 2. The first kappa shape index (κ1) is 28.5. The lowest BCUT2D eigenvalue weighted by Gasteiger charge is -2.06. The molecule has 8 nitrogen and oxygen atoms in total. The van der Waals surface area contributed by atoms with Crippen molar-refractivity contribution in [2.24, 2.45) is 0 Å². The van der Waals surface area contributed by atoms with E-state index in [1.807, 2.05) is 36.7 Å². The molecular weight excluding hydrogens is 614 g/mol. The van der Waals surface area contributed by atoms with E-state index in [1.54, 1.807) is 41.7 Å². The maximum atomic E-state index is 14.5. The second-order valence-corrected chi connectivity index (χ2v) is 11.5. The molecule has 6 aromatic heterocycles. The summed E-state index contributed by atoms with van der Waals surface area (Å²) in [5, 5.41) is 14.4. The van der Waals surface area contributed by atoms with Crippen LogP contribution in [-0.2, 0) is 0 Å². The van der Waals surface area contributed by atoms with Crippen molar-refractivity contribution in [3.8, 4) is 17.4 Å². The van der Waals surface area contributed by atoms with Crippen LogP contribution in [0.1, 0.15) is 11.4 Å². The summed E-state index contributed by atoms with van der Waals surface area (Å²) in [5.74, 6) is -0.714. The van der Waals surface area contributed by atoms with E-state index in [0.717, 1.165) is 37.3 Å².